The van der Waals surface area contributed by atoms with E-state index in [1.165, 1.54) is 37.7 Å². The molecular weight excluding hydrogens is 260 g/mol. The van der Waals surface area contributed by atoms with Gasteiger partial charge in [-0.25, -0.2) is 0 Å². The van der Waals surface area contributed by atoms with E-state index >= 15 is 0 Å². The van der Waals surface area contributed by atoms with E-state index in [2.05, 4.69) is 36.5 Å². The normalized spacial score (nSPS) is 33.0. The third-order valence-electron chi connectivity index (χ3n) is 5.07. The lowest BCUT2D eigenvalue weighted by Crippen LogP contribution is -2.53. The predicted molar refractivity (Wildman–Crippen MR) is 86.6 cm³/mol. The van der Waals surface area contributed by atoms with Crippen molar-refractivity contribution in [3.63, 3.8) is 0 Å². The van der Waals surface area contributed by atoms with Crippen LogP contribution in [0.3, 0.4) is 0 Å². The summed E-state index contributed by atoms with van der Waals surface area (Å²) in [5.41, 5.74) is 7.44. The number of rotatable bonds is 4. The number of hydrogen-bond donors (Lipinski definition) is 2. The fraction of sp³-hybridized carbons (Fsp3) is 0.667. The van der Waals surface area contributed by atoms with Crippen molar-refractivity contribution in [3.05, 3.63) is 29.8 Å². The minimum atomic E-state index is 0.285. The third kappa shape index (κ3) is 3.58. The molecule has 3 N–H and O–H groups in total. The fourth-order valence-corrected chi connectivity index (χ4v) is 3.75. The molecule has 116 valence electrons. The summed E-state index contributed by atoms with van der Waals surface area (Å²) in [6.45, 7) is 2.12. The number of para-hydroxylation sites is 1. The van der Waals surface area contributed by atoms with Crippen LogP contribution in [0.1, 0.15) is 50.5 Å². The number of hydrogen-bond acceptors (Lipinski definition) is 3. The van der Waals surface area contributed by atoms with E-state index in [-0.39, 0.29) is 6.10 Å². The predicted octanol–water partition coefficient (Wildman–Crippen LogP) is 3.15. The molecule has 0 unspecified atom stereocenters. The average Bonchev–Trinajstić information content (AvgIpc) is 2.89. The lowest BCUT2D eigenvalue weighted by Gasteiger charge is -2.35. The van der Waals surface area contributed by atoms with Gasteiger partial charge in [0.25, 0.3) is 0 Å². The molecule has 0 aliphatic heterocycles. The van der Waals surface area contributed by atoms with Gasteiger partial charge in [-0.3, -0.25) is 0 Å². The van der Waals surface area contributed by atoms with Gasteiger partial charge in [0.2, 0.25) is 0 Å². The molecule has 0 amide bonds. The highest BCUT2D eigenvalue weighted by molar-refractivity contribution is 5.32. The van der Waals surface area contributed by atoms with Gasteiger partial charge in [-0.2, -0.15) is 0 Å². The second kappa shape index (κ2) is 6.80. The molecule has 0 radical (unpaired) electrons. The molecule has 1 aromatic rings. The lowest BCUT2D eigenvalue weighted by molar-refractivity contribution is 0.105. The zero-order valence-electron chi connectivity index (χ0n) is 13.1. The Morgan fingerprint density at radius 3 is 2.52 bits per heavy atom. The molecule has 0 spiro atoms. The van der Waals surface area contributed by atoms with E-state index in [9.17, 15) is 0 Å². The molecular formula is C18H28N2O. The van der Waals surface area contributed by atoms with E-state index in [0.717, 1.165) is 18.6 Å². The molecule has 2 saturated carbocycles. The van der Waals surface area contributed by atoms with Crippen LogP contribution in [-0.2, 0) is 0 Å². The minimum Gasteiger partial charge on any atom is -0.489 e. The van der Waals surface area contributed by atoms with Gasteiger partial charge in [-0.05, 0) is 50.7 Å². The summed E-state index contributed by atoms with van der Waals surface area (Å²) in [4.78, 5) is 0. The van der Waals surface area contributed by atoms with Gasteiger partial charge in [0.15, 0.2) is 0 Å². The first-order valence-electron chi connectivity index (χ1n) is 8.48. The molecule has 3 nitrogen and oxygen atoms in total. The smallest absolute Gasteiger partial charge is 0.122 e. The molecule has 0 bridgehead atoms. The monoisotopic (exact) mass is 288 g/mol. The Hall–Kier alpha value is -1.06. The average molecular weight is 288 g/mol. The molecule has 4 atom stereocenters. The highest BCUT2D eigenvalue weighted by Crippen LogP contribution is 2.28. The summed E-state index contributed by atoms with van der Waals surface area (Å²) < 4.78 is 6.34. The van der Waals surface area contributed by atoms with Crippen LogP contribution in [0, 0.1) is 6.92 Å². The number of ether oxygens (including phenoxy) is 1. The summed E-state index contributed by atoms with van der Waals surface area (Å²) in [5.74, 6) is 1.03. The maximum Gasteiger partial charge on any atom is 0.122 e. The van der Waals surface area contributed by atoms with Gasteiger partial charge in [-0.1, -0.05) is 31.0 Å². The van der Waals surface area contributed by atoms with Crippen LogP contribution in [0.25, 0.3) is 0 Å². The largest absolute Gasteiger partial charge is 0.489 e. The Kier molecular flexibility index (Phi) is 4.81. The van der Waals surface area contributed by atoms with Crippen molar-refractivity contribution >= 4 is 0 Å². The summed E-state index contributed by atoms with van der Waals surface area (Å²) >= 11 is 0. The van der Waals surface area contributed by atoms with E-state index in [1.807, 2.05) is 0 Å². The Balaban J connectivity index is 1.65. The maximum absolute atomic E-state index is 6.34. The van der Waals surface area contributed by atoms with Gasteiger partial charge in [-0.15, -0.1) is 0 Å². The topological polar surface area (TPSA) is 47.3 Å². The van der Waals surface area contributed by atoms with Crippen molar-refractivity contribution in [2.45, 2.75) is 76.1 Å². The van der Waals surface area contributed by atoms with Crippen molar-refractivity contribution in [3.8, 4) is 5.75 Å². The number of aryl methyl sites for hydroxylation is 1. The lowest BCUT2D eigenvalue weighted by atomic mass is 9.91. The second-order valence-corrected chi connectivity index (χ2v) is 6.68. The van der Waals surface area contributed by atoms with Crippen LogP contribution in [0.2, 0.25) is 0 Å². The first kappa shape index (κ1) is 14.9. The van der Waals surface area contributed by atoms with Gasteiger partial charge in [0.05, 0.1) is 0 Å². The number of benzene rings is 1. The molecule has 2 aliphatic carbocycles. The molecule has 2 fully saturated rings. The van der Waals surface area contributed by atoms with Gasteiger partial charge in [0, 0.05) is 18.1 Å². The molecule has 3 heteroatoms. The molecule has 1 aromatic carbocycles. The van der Waals surface area contributed by atoms with Crippen molar-refractivity contribution in [2.24, 2.45) is 5.73 Å². The van der Waals surface area contributed by atoms with Crippen LogP contribution in [0.15, 0.2) is 24.3 Å². The zero-order valence-corrected chi connectivity index (χ0v) is 13.1. The van der Waals surface area contributed by atoms with E-state index in [0.29, 0.717) is 18.1 Å². The van der Waals surface area contributed by atoms with Gasteiger partial charge in [0.1, 0.15) is 11.9 Å². The van der Waals surface area contributed by atoms with Crippen molar-refractivity contribution < 1.29 is 4.74 Å². The molecule has 0 aromatic heterocycles. The number of nitrogens with two attached hydrogens (primary N) is 1. The van der Waals surface area contributed by atoms with Crippen molar-refractivity contribution in [1.82, 2.24) is 5.32 Å². The van der Waals surface area contributed by atoms with E-state index in [1.54, 1.807) is 0 Å². The standard InChI is InChI=1S/C18H28N2O/c1-13-7-2-4-11-17(13)21-18-12-5-3-9-16(18)20-15-10-6-8-14(15)19/h2,4,7,11,14-16,18,20H,3,5-6,8-10,12,19H2,1H3/t14-,15+,16-,18-/m0/s1. The first-order valence-corrected chi connectivity index (χ1v) is 8.48. The van der Waals surface area contributed by atoms with Crippen LogP contribution < -0.4 is 15.8 Å². The highest BCUT2D eigenvalue weighted by Gasteiger charge is 2.32. The fourth-order valence-electron chi connectivity index (χ4n) is 3.75. The quantitative estimate of drug-likeness (QED) is 0.894. The van der Waals surface area contributed by atoms with E-state index in [4.69, 9.17) is 10.5 Å². The molecule has 0 heterocycles. The Morgan fingerprint density at radius 2 is 1.76 bits per heavy atom. The van der Waals surface area contributed by atoms with E-state index < -0.39 is 0 Å². The summed E-state index contributed by atoms with van der Waals surface area (Å²) in [6, 6.07) is 9.58. The van der Waals surface area contributed by atoms with Crippen LogP contribution in [-0.4, -0.2) is 24.2 Å². The van der Waals surface area contributed by atoms with Gasteiger partial charge < -0.3 is 15.8 Å². The Labute approximate surface area is 128 Å². The minimum absolute atomic E-state index is 0.285. The van der Waals surface area contributed by atoms with Gasteiger partial charge >= 0.3 is 0 Å². The zero-order chi connectivity index (χ0) is 14.7. The van der Waals surface area contributed by atoms with Crippen molar-refractivity contribution in [2.75, 3.05) is 0 Å². The number of nitrogens with one attached hydrogen (secondary N) is 1. The summed E-state index contributed by atoms with van der Waals surface area (Å²) in [6.07, 6.45) is 8.84. The van der Waals surface area contributed by atoms with Crippen molar-refractivity contribution in [1.29, 1.82) is 0 Å². The molecule has 3 rings (SSSR count). The first-order chi connectivity index (χ1) is 10.2. The summed E-state index contributed by atoms with van der Waals surface area (Å²) in [5, 5.41) is 3.81. The second-order valence-electron chi connectivity index (χ2n) is 6.68. The van der Waals surface area contributed by atoms with Crippen LogP contribution in [0.5, 0.6) is 5.75 Å². The van der Waals surface area contributed by atoms with Crippen LogP contribution >= 0.6 is 0 Å². The Bertz CT molecular complexity index is 462. The molecule has 21 heavy (non-hydrogen) atoms. The van der Waals surface area contributed by atoms with Crippen LogP contribution in [0.4, 0.5) is 0 Å². The summed E-state index contributed by atoms with van der Waals surface area (Å²) in [7, 11) is 0. The maximum atomic E-state index is 6.34. The SMILES string of the molecule is Cc1ccccc1O[C@H]1CCCC[C@@H]1N[C@@H]1CCC[C@@H]1N. The third-order valence-corrected chi connectivity index (χ3v) is 5.07. The highest BCUT2D eigenvalue weighted by atomic mass is 16.5. The Morgan fingerprint density at radius 1 is 1.00 bits per heavy atom. The molecule has 2 aliphatic rings. The molecule has 0 saturated heterocycles.